The number of carbonyl (C=O) groups is 2. The molecule has 0 fully saturated rings. The van der Waals surface area contributed by atoms with E-state index in [1.807, 2.05) is 0 Å². The van der Waals surface area contributed by atoms with Crippen molar-refractivity contribution in [2.24, 2.45) is 0 Å². The van der Waals surface area contributed by atoms with E-state index in [2.05, 4.69) is 25.3 Å². The van der Waals surface area contributed by atoms with Gasteiger partial charge in [0.25, 0.3) is 5.91 Å². The van der Waals surface area contributed by atoms with E-state index >= 15 is 0 Å². The molecule has 3 aromatic rings. The highest BCUT2D eigenvalue weighted by Gasteiger charge is 2.28. The van der Waals surface area contributed by atoms with Gasteiger partial charge in [-0.25, -0.2) is 9.97 Å². The monoisotopic (exact) mass is 433 g/mol. The fourth-order valence-electron chi connectivity index (χ4n) is 2.51. The zero-order valence-corrected chi connectivity index (χ0v) is 16.1. The summed E-state index contributed by atoms with van der Waals surface area (Å²) in [5.74, 6) is -0.902. The molecule has 31 heavy (non-hydrogen) atoms. The van der Waals surface area contributed by atoms with Gasteiger partial charge in [0.15, 0.2) is 6.61 Å². The van der Waals surface area contributed by atoms with Crippen molar-refractivity contribution in [2.75, 3.05) is 17.2 Å². The SMILES string of the molecule is O=C(CCn1ccnc1)Nc1cccc(C(=O)Nc2ccc(OCC(F)(F)F)nc2)c1. The van der Waals surface area contributed by atoms with Crippen LogP contribution in [0.4, 0.5) is 24.5 Å². The van der Waals surface area contributed by atoms with E-state index < -0.39 is 18.7 Å². The van der Waals surface area contributed by atoms with Gasteiger partial charge < -0.3 is 19.9 Å². The zero-order valence-electron chi connectivity index (χ0n) is 16.1. The fraction of sp³-hybridized carbons (Fsp3) is 0.200. The Hall–Kier alpha value is -3.89. The van der Waals surface area contributed by atoms with Crippen molar-refractivity contribution in [3.8, 4) is 5.88 Å². The number of pyridine rings is 1. The lowest BCUT2D eigenvalue weighted by molar-refractivity contribution is -0.154. The summed E-state index contributed by atoms with van der Waals surface area (Å²) in [4.78, 5) is 32.2. The maximum atomic E-state index is 12.4. The minimum absolute atomic E-state index is 0.212. The van der Waals surface area contributed by atoms with E-state index in [0.29, 0.717) is 12.2 Å². The van der Waals surface area contributed by atoms with Crippen LogP contribution in [0.5, 0.6) is 5.88 Å². The van der Waals surface area contributed by atoms with E-state index in [0.717, 1.165) is 0 Å². The highest BCUT2D eigenvalue weighted by atomic mass is 19.4. The van der Waals surface area contributed by atoms with Crippen LogP contribution in [0.2, 0.25) is 0 Å². The molecule has 0 radical (unpaired) electrons. The molecule has 11 heteroatoms. The molecule has 2 aromatic heterocycles. The van der Waals surface area contributed by atoms with Gasteiger partial charge >= 0.3 is 6.18 Å². The molecule has 0 spiro atoms. The lowest BCUT2D eigenvalue weighted by Crippen LogP contribution is -2.19. The van der Waals surface area contributed by atoms with E-state index in [4.69, 9.17) is 0 Å². The van der Waals surface area contributed by atoms with Gasteiger partial charge in [-0.3, -0.25) is 9.59 Å². The second kappa shape index (κ2) is 9.74. The number of carbonyl (C=O) groups excluding carboxylic acids is 2. The molecule has 0 saturated carbocycles. The van der Waals surface area contributed by atoms with E-state index in [-0.39, 0.29) is 29.5 Å². The summed E-state index contributed by atoms with van der Waals surface area (Å²) < 4.78 is 42.8. The highest BCUT2D eigenvalue weighted by Crippen LogP contribution is 2.19. The molecule has 2 amide bonds. The lowest BCUT2D eigenvalue weighted by atomic mass is 10.2. The van der Waals surface area contributed by atoms with Gasteiger partial charge in [-0.05, 0) is 24.3 Å². The number of benzene rings is 1. The van der Waals surface area contributed by atoms with Crippen LogP contribution < -0.4 is 15.4 Å². The van der Waals surface area contributed by atoms with Crippen LogP contribution in [0.1, 0.15) is 16.8 Å². The fourth-order valence-corrected chi connectivity index (χ4v) is 2.51. The standard InChI is InChI=1S/C20H18F3N5O3/c21-20(22,23)12-31-18-5-4-16(11-25-18)27-19(30)14-2-1-3-15(10-14)26-17(29)6-8-28-9-7-24-13-28/h1-5,7,9-11,13H,6,8,12H2,(H,26,29)(H,27,30). The summed E-state index contributed by atoms with van der Waals surface area (Å²) in [5.41, 5.74) is 1.02. The van der Waals surface area contributed by atoms with Crippen LogP contribution in [0.15, 0.2) is 61.3 Å². The molecule has 0 aliphatic heterocycles. The Balaban J connectivity index is 1.54. The van der Waals surface area contributed by atoms with Gasteiger partial charge in [-0.1, -0.05) is 6.07 Å². The minimum Gasteiger partial charge on any atom is -0.468 e. The van der Waals surface area contributed by atoms with E-state index in [1.165, 1.54) is 24.4 Å². The first-order valence-electron chi connectivity index (χ1n) is 9.11. The number of imidazole rings is 1. The van der Waals surface area contributed by atoms with Crippen LogP contribution in [0.25, 0.3) is 0 Å². The topological polar surface area (TPSA) is 98.1 Å². The molecule has 3 rings (SSSR count). The molecular formula is C20H18F3N5O3. The molecule has 2 heterocycles. The molecule has 8 nitrogen and oxygen atoms in total. The number of alkyl halides is 3. The molecule has 0 saturated heterocycles. The summed E-state index contributed by atoms with van der Waals surface area (Å²) in [5, 5.41) is 5.30. The minimum atomic E-state index is -4.46. The lowest BCUT2D eigenvalue weighted by Gasteiger charge is -2.10. The van der Waals surface area contributed by atoms with Crippen molar-refractivity contribution < 1.29 is 27.5 Å². The van der Waals surface area contributed by atoms with Crippen molar-refractivity contribution in [3.63, 3.8) is 0 Å². The number of halogens is 3. The molecule has 0 unspecified atom stereocenters. The number of nitrogens with one attached hydrogen (secondary N) is 2. The van der Waals surface area contributed by atoms with E-state index in [9.17, 15) is 22.8 Å². The number of nitrogens with zero attached hydrogens (tertiary/aromatic N) is 3. The van der Waals surface area contributed by atoms with Crippen LogP contribution in [-0.2, 0) is 11.3 Å². The average Bonchev–Trinajstić information content (AvgIpc) is 3.25. The second-order valence-electron chi connectivity index (χ2n) is 6.42. The molecule has 162 valence electrons. The number of amides is 2. The Labute approximate surface area is 175 Å². The molecule has 0 aliphatic carbocycles. The zero-order chi connectivity index (χ0) is 22.3. The third-order valence-corrected chi connectivity index (χ3v) is 3.94. The number of rotatable bonds is 8. The Bertz CT molecular complexity index is 1020. The van der Waals surface area contributed by atoms with Crippen molar-refractivity contribution in [1.29, 1.82) is 0 Å². The number of aryl methyl sites for hydroxylation is 1. The predicted octanol–water partition coefficient (Wildman–Crippen LogP) is 3.50. The van der Waals surface area contributed by atoms with Gasteiger partial charge in [-0.15, -0.1) is 0 Å². The quantitative estimate of drug-likeness (QED) is 0.567. The van der Waals surface area contributed by atoms with Gasteiger partial charge in [0.05, 0.1) is 18.2 Å². The smallest absolute Gasteiger partial charge is 0.422 e. The summed E-state index contributed by atoms with van der Waals surface area (Å²) in [6, 6.07) is 8.94. The summed E-state index contributed by atoms with van der Waals surface area (Å²) in [6.07, 6.45) is 1.95. The van der Waals surface area contributed by atoms with Crippen LogP contribution in [-0.4, -0.2) is 39.1 Å². The number of hydrogen-bond donors (Lipinski definition) is 2. The summed E-state index contributed by atoms with van der Waals surface area (Å²) in [6.45, 7) is -0.978. The van der Waals surface area contributed by atoms with Crippen molar-refractivity contribution in [2.45, 2.75) is 19.1 Å². The summed E-state index contributed by atoms with van der Waals surface area (Å²) in [7, 11) is 0. The van der Waals surface area contributed by atoms with Gasteiger partial charge in [0, 0.05) is 42.7 Å². The molecule has 0 bridgehead atoms. The third kappa shape index (κ3) is 7.14. The first kappa shape index (κ1) is 21.8. The van der Waals surface area contributed by atoms with Crippen molar-refractivity contribution >= 4 is 23.2 Å². The normalized spacial score (nSPS) is 11.1. The maximum Gasteiger partial charge on any atom is 0.422 e. The summed E-state index contributed by atoms with van der Waals surface area (Å²) >= 11 is 0. The number of anilines is 2. The van der Waals surface area contributed by atoms with Crippen LogP contribution >= 0.6 is 0 Å². The Kier molecular flexibility index (Phi) is 6.85. The van der Waals surface area contributed by atoms with Crippen molar-refractivity contribution in [3.05, 3.63) is 66.9 Å². The molecular weight excluding hydrogens is 415 g/mol. The van der Waals surface area contributed by atoms with Gasteiger partial charge in [0.1, 0.15) is 0 Å². The molecule has 0 aliphatic rings. The van der Waals surface area contributed by atoms with Gasteiger partial charge in [0.2, 0.25) is 11.8 Å². The highest BCUT2D eigenvalue weighted by molar-refractivity contribution is 6.05. The Morgan fingerprint density at radius 1 is 1.10 bits per heavy atom. The second-order valence-corrected chi connectivity index (χ2v) is 6.42. The Morgan fingerprint density at radius 2 is 1.94 bits per heavy atom. The third-order valence-electron chi connectivity index (χ3n) is 3.94. The van der Waals surface area contributed by atoms with Gasteiger partial charge in [-0.2, -0.15) is 13.2 Å². The number of aromatic nitrogens is 3. The van der Waals surface area contributed by atoms with E-state index in [1.54, 1.807) is 41.5 Å². The number of ether oxygens (including phenoxy) is 1. The predicted molar refractivity (Wildman–Crippen MR) is 106 cm³/mol. The Morgan fingerprint density at radius 3 is 2.61 bits per heavy atom. The average molecular weight is 433 g/mol. The molecule has 0 atom stereocenters. The molecule has 2 N–H and O–H groups in total. The van der Waals surface area contributed by atoms with Crippen molar-refractivity contribution in [1.82, 2.24) is 14.5 Å². The molecule has 1 aromatic carbocycles. The first-order valence-corrected chi connectivity index (χ1v) is 9.11. The number of hydrogen-bond acceptors (Lipinski definition) is 5. The first-order chi connectivity index (χ1) is 14.8. The van der Waals surface area contributed by atoms with Crippen LogP contribution in [0, 0.1) is 0 Å². The largest absolute Gasteiger partial charge is 0.468 e. The maximum absolute atomic E-state index is 12.4. The van der Waals surface area contributed by atoms with Crippen LogP contribution in [0.3, 0.4) is 0 Å².